The fourth-order valence-electron chi connectivity index (χ4n) is 8.85. The van der Waals surface area contributed by atoms with Crippen LogP contribution in [-0.4, -0.2) is 47.9 Å². The number of halogens is 8. The van der Waals surface area contributed by atoms with Crippen molar-refractivity contribution in [2.75, 3.05) is 26.2 Å². The first-order chi connectivity index (χ1) is 22.2. The van der Waals surface area contributed by atoms with Crippen LogP contribution in [0.4, 0.5) is 26.3 Å². The number of rotatable bonds is 7. The fraction of sp³-hybridized carbons (Fsp3) is 0.639. The van der Waals surface area contributed by atoms with Gasteiger partial charge < -0.3 is 9.80 Å². The number of likely N-dealkylation sites (tertiary alicyclic amines) is 2. The van der Waals surface area contributed by atoms with Gasteiger partial charge in [0, 0.05) is 24.5 Å². The van der Waals surface area contributed by atoms with E-state index in [1.165, 1.54) is 64.3 Å². The van der Waals surface area contributed by atoms with Gasteiger partial charge in [0.15, 0.2) is 0 Å². The van der Waals surface area contributed by atoms with Crippen molar-refractivity contribution < 1.29 is 31.1 Å². The molecular formula is C36H42Cl2F6N2O. The lowest BCUT2D eigenvalue weighted by molar-refractivity contribution is -0.143. The van der Waals surface area contributed by atoms with Gasteiger partial charge in [0.1, 0.15) is 0 Å². The summed E-state index contributed by atoms with van der Waals surface area (Å²) in [6, 6.07) is 7.63. The van der Waals surface area contributed by atoms with Crippen LogP contribution in [0.25, 0.3) is 0 Å². The van der Waals surface area contributed by atoms with Crippen molar-refractivity contribution in [3.05, 3.63) is 68.7 Å². The minimum absolute atomic E-state index is 0.0889. The summed E-state index contributed by atoms with van der Waals surface area (Å²) in [6.45, 7) is 3.02. The van der Waals surface area contributed by atoms with Crippen LogP contribution in [-0.2, 0) is 29.0 Å². The van der Waals surface area contributed by atoms with Gasteiger partial charge in [-0.3, -0.25) is 4.79 Å². The quantitative estimate of drug-likeness (QED) is 0.268. The number of nitrogens with zero attached hydrogens (tertiary/aromatic N) is 2. The van der Waals surface area contributed by atoms with Gasteiger partial charge in [-0.05, 0) is 124 Å². The second-order valence-corrected chi connectivity index (χ2v) is 15.4. The fourth-order valence-corrected chi connectivity index (χ4v) is 9.15. The van der Waals surface area contributed by atoms with E-state index in [1.54, 1.807) is 11.0 Å². The van der Waals surface area contributed by atoms with Crippen LogP contribution in [0.5, 0.6) is 0 Å². The van der Waals surface area contributed by atoms with Crippen molar-refractivity contribution in [2.24, 2.45) is 11.3 Å². The van der Waals surface area contributed by atoms with E-state index < -0.39 is 41.2 Å². The molecule has 4 aliphatic rings. The number of amides is 1. The molecule has 2 aromatic rings. The average molecular weight is 704 g/mol. The van der Waals surface area contributed by atoms with Crippen LogP contribution < -0.4 is 0 Å². The summed E-state index contributed by atoms with van der Waals surface area (Å²) in [4.78, 5) is 17.8. The van der Waals surface area contributed by atoms with Gasteiger partial charge in [-0.2, -0.15) is 26.3 Å². The first-order valence-corrected chi connectivity index (χ1v) is 17.7. The van der Waals surface area contributed by atoms with Crippen molar-refractivity contribution in [1.29, 1.82) is 0 Å². The molecule has 1 spiro atoms. The molecule has 2 unspecified atom stereocenters. The van der Waals surface area contributed by atoms with Gasteiger partial charge >= 0.3 is 12.4 Å². The van der Waals surface area contributed by atoms with Gasteiger partial charge in [-0.15, -0.1) is 0 Å². The Morgan fingerprint density at radius 3 is 2.17 bits per heavy atom. The number of hydrogen-bond acceptors (Lipinski definition) is 2. The zero-order valence-corrected chi connectivity index (χ0v) is 28.0. The number of alkyl halides is 6. The third-order valence-electron chi connectivity index (χ3n) is 11.7. The predicted octanol–water partition coefficient (Wildman–Crippen LogP) is 10.3. The number of carbonyl (C=O) groups excluding carboxylic acids is 1. The highest BCUT2D eigenvalue weighted by Gasteiger charge is 2.54. The van der Waals surface area contributed by atoms with Crippen LogP contribution in [0.3, 0.4) is 0 Å². The molecule has 2 saturated heterocycles. The van der Waals surface area contributed by atoms with Gasteiger partial charge in [-0.1, -0.05) is 48.5 Å². The van der Waals surface area contributed by atoms with Gasteiger partial charge in [-0.25, -0.2) is 0 Å². The molecule has 0 bridgehead atoms. The highest BCUT2D eigenvalue weighted by atomic mass is 35.5. The molecule has 258 valence electrons. The van der Waals surface area contributed by atoms with Crippen molar-refractivity contribution in [2.45, 2.75) is 107 Å². The number of hydrogen-bond donors (Lipinski definition) is 0. The molecule has 2 saturated carbocycles. The Labute approximate surface area is 283 Å². The molecule has 2 aromatic carbocycles. The van der Waals surface area contributed by atoms with Gasteiger partial charge in [0.25, 0.3) is 0 Å². The van der Waals surface area contributed by atoms with E-state index in [1.807, 2.05) is 12.1 Å². The summed E-state index contributed by atoms with van der Waals surface area (Å²) in [5.74, 6) is 0.109. The van der Waals surface area contributed by atoms with E-state index in [4.69, 9.17) is 23.2 Å². The van der Waals surface area contributed by atoms with Crippen molar-refractivity contribution in [1.82, 2.24) is 9.80 Å². The zero-order chi connectivity index (χ0) is 33.6. The first kappa shape index (κ1) is 34.9. The Bertz CT molecular complexity index is 1430. The molecular weight excluding hydrogens is 661 g/mol. The third kappa shape index (κ3) is 7.77. The Balaban J connectivity index is 1.16. The summed E-state index contributed by atoms with van der Waals surface area (Å²) in [6.07, 6.45) is 3.48. The van der Waals surface area contributed by atoms with Crippen LogP contribution in [0, 0.1) is 11.3 Å². The number of carbonyl (C=O) groups is 1. The normalized spacial score (nSPS) is 27.7. The largest absolute Gasteiger partial charge is 0.416 e. The van der Waals surface area contributed by atoms with Crippen molar-refractivity contribution in [3.63, 3.8) is 0 Å². The van der Waals surface area contributed by atoms with Crippen molar-refractivity contribution >= 4 is 29.1 Å². The molecule has 3 nitrogen and oxygen atoms in total. The van der Waals surface area contributed by atoms with E-state index in [0.29, 0.717) is 53.0 Å². The van der Waals surface area contributed by atoms with E-state index in [2.05, 4.69) is 4.90 Å². The summed E-state index contributed by atoms with van der Waals surface area (Å²) in [7, 11) is 0. The predicted molar refractivity (Wildman–Crippen MR) is 172 cm³/mol. The highest BCUT2D eigenvalue weighted by molar-refractivity contribution is 6.42. The second kappa shape index (κ2) is 13.4. The van der Waals surface area contributed by atoms with E-state index in [-0.39, 0.29) is 11.6 Å². The molecule has 2 aliphatic carbocycles. The Morgan fingerprint density at radius 2 is 1.51 bits per heavy atom. The topological polar surface area (TPSA) is 23.6 Å². The van der Waals surface area contributed by atoms with Gasteiger partial charge in [0.05, 0.1) is 27.6 Å². The Hall–Kier alpha value is -1.97. The minimum atomic E-state index is -4.97. The molecule has 0 aromatic heterocycles. The monoisotopic (exact) mass is 702 g/mol. The lowest BCUT2D eigenvalue weighted by Gasteiger charge is -2.33. The SMILES string of the molecule is O=C(Cc1cc(C(F)(F)F)cc(C(F)(F)F)c1)N1CC[C@@](CCC2CC23CCCN(C2CCCCC2)CC3)(c2ccc(Cl)c(Cl)c2)C1. The molecule has 11 heteroatoms. The molecule has 3 atom stereocenters. The maximum Gasteiger partial charge on any atom is 0.416 e. The lowest BCUT2D eigenvalue weighted by atomic mass is 9.75. The van der Waals surface area contributed by atoms with Crippen LogP contribution in [0.1, 0.15) is 99.3 Å². The molecule has 47 heavy (non-hydrogen) atoms. The van der Waals surface area contributed by atoms with Crippen LogP contribution >= 0.6 is 23.2 Å². The molecule has 4 fully saturated rings. The Morgan fingerprint density at radius 1 is 0.809 bits per heavy atom. The molecule has 6 rings (SSSR count). The molecule has 0 radical (unpaired) electrons. The zero-order valence-electron chi connectivity index (χ0n) is 26.5. The van der Waals surface area contributed by atoms with Crippen molar-refractivity contribution in [3.8, 4) is 0 Å². The van der Waals surface area contributed by atoms with Gasteiger partial charge in [0.2, 0.25) is 5.91 Å². The standard InChI is InChI=1S/C36H42Cl2F6N2O/c37-30-8-7-25(21-31(30)38)34(11-9-26-22-33(26)10-4-14-45(15-12-33)29-5-2-1-3-6-29)13-16-46(23-34)32(47)19-24-17-27(35(39,40)41)20-28(18-24)36(42,43)44/h7-8,17-18,20-21,26,29H,1-6,9-16,19,22-23H2/t26?,33?,34-/m1/s1. The second-order valence-electron chi connectivity index (χ2n) is 14.5. The molecule has 2 aliphatic heterocycles. The van der Waals surface area contributed by atoms with Crippen LogP contribution in [0.15, 0.2) is 36.4 Å². The average Bonchev–Trinajstić information content (AvgIpc) is 3.61. The van der Waals surface area contributed by atoms with E-state index >= 15 is 0 Å². The first-order valence-electron chi connectivity index (χ1n) is 16.9. The smallest absolute Gasteiger partial charge is 0.341 e. The maximum atomic E-state index is 13.5. The minimum Gasteiger partial charge on any atom is -0.341 e. The molecule has 1 amide bonds. The third-order valence-corrected chi connectivity index (χ3v) is 12.4. The summed E-state index contributed by atoms with van der Waals surface area (Å²) in [5, 5.41) is 0.829. The summed E-state index contributed by atoms with van der Waals surface area (Å²) in [5.41, 5.74) is -2.24. The summed E-state index contributed by atoms with van der Waals surface area (Å²) < 4.78 is 80.7. The summed E-state index contributed by atoms with van der Waals surface area (Å²) >= 11 is 12.7. The van der Waals surface area contributed by atoms with Crippen LogP contribution in [0.2, 0.25) is 10.0 Å². The molecule has 0 N–H and O–H groups in total. The number of benzene rings is 2. The Kier molecular flexibility index (Phi) is 9.94. The molecule has 2 heterocycles. The lowest BCUT2D eigenvalue weighted by Crippen LogP contribution is -2.37. The van der Waals surface area contributed by atoms with E-state index in [0.717, 1.165) is 31.0 Å². The maximum absolute atomic E-state index is 13.5. The van der Waals surface area contributed by atoms with E-state index in [9.17, 15) is 31.1 Å². The highest BCUT2D eigenvalue weighted by Crippen LogP contribution is 2.62.